The van der Waals surface area contributed by atoms with Crippen LogP contribution in [0.1, 0.15) is 17.1 Å². The molecule has 0 atom stereocenters. The molecular weight excluding hydrogens is 312 g/mol. The number of hydrogen-bond donors (Lipinski definition) is 0. The van der Waals surface area contributed by atoms with Gasteiger partial charge in [0.25, 0.3) is 0 Å². The molecule has 3 aromatic heterocycles. The van der Waals surface area contributed by atoms with E-state index in [-0.39, 0.29) is 0 Å². The second-order valence-corrected chi connectivity index (χ2v) is 6.22. The van der Waals surface area contributed by atoms with E-state index in [4.69, 9.17) is 4.42 Å². The topological polar surface area (TPSA) is 47.1 Å². The van der Waals surface area contributed by atoms with Crippen LogP contribution < -0.4 is 4.90 Å². The van der Waals surface area contributed by atoms with Crippen LogP contribution in [0.2, 0.25) is 0 Å². The number of fused-ring (bicyclic) bond motifs is 1. The highest BCUT2D eigenvalue weighted by molar-refractivity contribution is 5.88. The van der Waals surface area contributed by atoms with E-state index in [1.54, 1.807) is 6.20 Å². The van der Waals surface area contributed by atoms with E-state index in [2.05, 4.69) is 43.7 Å². The molecule has 3 heterocycles. The highest BCUT2D eigenvalue weighted by Crippen LogP contribution is 2.27. The van der Waals surface area contributed by atoms with Gasteiger partial charge in [0.05, 0.1) is 11.9 Å². The van der Waals surface area contributed by atoms with E-state index >= 15 is 0 Å². The van der Waals surface area contributed by atoms with Gasteiger partial charge in [0.2, 0.25) is 0 Å². The van der Waals surface area contributed by atoms with Crippen molar-refractivity contribution in [3.63, 3.8) is 0 Å². The fourth-order valence-corrected chi connectivity index (χ4v) is 3.08. The number of aromatic nitrogens is 3. The Morgan fingerprint density at radius 1 is 1.08 bits per heavy atom. The fourth-order valence-electron chi connectivity index (χ4n) is 3.08. The lowest BCUT2D eigenvalue weighted by atomic mass is 10.2. The number of imidazole rings is 1. The summed E-state index contributed by atoms with van der Waals surface area (Å²) in [4.78, 5) is 11.2. The zero-order chi connectivity index (χ0) is 17.2. The normalized spacial score (nSPS) is 11.1. The van der Waals surface area contributed by atoms with Crippen molar-refractivity contribution in [2.75, 3.05) is 11.9 Å². The Hall–Kier alpha value is -3.08. The van der Waals surface area contributed by atoms with Crippen LogP contribution in [-0.2, 0) is 13.1 Å². The molecule has 0 saturated heterocycles. The van der Waals surface area contributed by atoms with Gasteiger partial charge < -0.3 is 13.9 Å². The van der Waals surface area contributed by atoms with Crippen LogP contribution >= 0.6 is 0 Å². The minimum Gasteiger partial charge on any atom is -0.461 e. The van der Waals surface area contributed by atoms with Crippen LogP contribution in [0.25, 0.3) is 11.0 Å². The summed E-state index contributed by atoms with van der Waals surface area (Å²) in [6.45, 7) is 3.44. The van der Waals surface area contributed by atoms with Crippen molar-refractivity contribution in [1.29, 1.82) is 0 Å². The maximum atomic E-state index is 5.71. The molecule has 126 valence electrons. The van der Waals surface area contributed by atoms with E-state index in [0.29, 0.717) is 6.54 Å². The third-order valence-corrected chi connectivity index (χ3v) is 4.29. The maximum absolute atomic E-state index is 5.71. The van der Waals surface area contributed by atoms with Gasteiger partial charge in [0, 0.05) is 32.2 Å². The molecule has 0 saturated carbocycles. The van der Waals surface area contributed by atoms with Crippen molar-refractivity contribution >= 4 is 16.8 Å². The molecule has 5 heteroatoms. The Balaban J connectivity index is 1.59. The van der Waals surface area contributed by atoms with E-state index in [9.17, 15) is 0 Å². The van der Waals surface area contributed by atoms with Gasteiger partial charge in [0.15, 0.2) is 0 Å². The first kappa shape index (κ1) is 15.4. The number of anilines is 1. The summed E-state index contributed by atoms with van der Waals surface area (Å²) in [5.74, 6) is 2.80. The second-order valence-electron chi connectivity index (χ2n) is 6.22. The number of aryl methyl sites for hydroxylation is 1. The van der Waals surface area contributed by atoms with Gasteiger partial charge >= 0.3 is 0 Å². The average molecular weight is 332 g/mol. The third kappa shape index (κ3) is 3.13. The van der Waals surface area contributed by atoms with Gasteiger partial charge in [-0.15, -0.1) is 0 Å². The Morgan fingerprint density at radius 2 is 1.92 bits per heavy atom. The summed E-state index contributed by atoms with van der Waals surface area (Å²) in [5, 5.41) is 1.03. The predicted molar refractivity (Wildman–Crippen MR) is 98.6 cm³/mol. The van der Waals surface area contributed by atoms with Crippen LogP contribution in [0.5, 0.6) is 0 Å². The molecule has 0 aliphatic carbocycles. The summed E-state index contributed by atoms with van der Waals surface area (Å²) >= 11 is 0. The summed E-state index contributed by atoms with van der Waals surface area (Å²) in [7, 11) is 2.03. The molecule has 0 aliphatic rings. The quantitative estimate of drug-likeness (QED) is 0.554. The predicted octanol–water partition coefficient (Wildman–Crippen LogP) is 4.02. The maximum Gasteiger partial charge on any atom is 0.139 e. The van der Waals surface area contributed by atoms with Gasteiger partial charge in [-0.1, -0.05) is 30.3 Å². The first-order valence-electron chi connectivity index (χ1n) is 8.31. The van der Waals surface area contributed by atoms with Gasteiger partial charge in [0.1, 0.15) is 23.0 Å². The Labute approximate surface area is 146 Å². The van der Waals surface area contributed by atoms with Crippen LogP contribution in [0.15, 0.2) is 65.5 Å². The highest BCUT2D eigenvalue weighted by Gasteiger charge is 2.13. The third-order valence-electron chi connectivity index (χ3n) is 4.29. The van der Waals surface area contributed by atoms with Crippen LogP contribution in [0.3, 0.4) is 0 Å². The van der Waals surface area contributed by atoms with Crippen molar-refractivity contribution in [1.82, 2.24) is 14.5 Å². The summed E-state index contributed by atoms with van der Waals surface area (Å²) in [6, 6.07) is 14.3. The Morgan fingerprint density at radius 3 is 2.76 bits per heavy atom. The summed E-state index contributed by atoms with van der Waals surface area (Å²) in [5.41, 5.74) is 2.12. The first-order chi connectivity index (χ1) is 12.2. The van der Waals surface area contributed by atoms with E-state index < -0.39 is 0 Å². The molecule has 0 N–H and O–H groups in total. The lowest BCUT2D eigenvalue weighted by Crippen LogP contribution is -2.21. The molecule has 4 aromatic rings. The van der Waals surface area contributed by atoms with E-state index in [0.717, 1.165) is 34.9 Å². The average Bonchev–Trinajstić information content (AvgIpc) is 3.20. The number of hydrogen-bond acceptors (Lipinski definition) is 4. The van der Waals surface area contributed by atoms with Gasteiger partial charge in [-0.05, 0) is 24.6 Å². The molecule has 0 amide bonds. The van der Waals surface area contributed by atoms with Gasteiger partial charge in [-0.3, -0.25) is 0 Å². The van der Waals surface area contributed by atoms with E-state index in [1.165, 1.54) is 5.56 Å². The Bertz CT molecular complexity index is 987. The summed E-state index contributed by atoms with van der Waals surface area (Å²) < 4.78 is 7.88. The largest absolute Gasteiger partial charge is 0.461 e. The molecule has 4 rings (SSSR count). The summed E-state index contributed by atoms with van der Waals surface area (Å²) in [6.07, 6.45) is 5.65. The molecule has 0 bridgehead atoms. The first-order valence-corrected chi connectivity index (χ1v) is 8.31. The molecule has 0 unspecified atom stereocenters. The second kappa shape index (κ2) is 6.43. The van der Waals surface area contributed by atoms with Crippen molar-refractivity contribution in [2.24, 2.45) is 0 Å². The lowest BCUT2D eigenvalue weighted by Gasteiger charge is -2.19. The molecule has 25 heavy (non-hydrogen) atoms. The van der Waals surface area contributed by atoms with Crippen molar-refractivity contribution in [3.05, 3.63) is 78.2 Å². The number of furan rings is 1. The molecular formula is C20H20N4O. The Kier molecular flexibility index (Phi) is 3.98. The fraction of sp³-hybridized carbons (Fsp3) is 0.200. The van der Waals surface area contributed by atoms with E-state index in [1.807, 2.05) is 44.6 Å². The number of pyridine rings is 1. The number of rotatable bonds is 5. The highest BCUT2D eigenvalue weighted by atomic mass is 16.3. The SMILES string of the molecule is Cc1cc2c(N(C)Cc3nccn3Cc3ccccc3)nccc2o1. The molecule has 0 aliphatic heterocycles. The molecule has 0 spiro atoms. The smallest absolute Gasteiger partial charge is 0.139 e. The van der Waals surface area contributed by atoms with Gasteiger partial charge in [-0.2, -0.15) is 0 Å². The lowest BCUT2D eigenvalue weighted by molar-refractivity contribution is 0.578. The minimum atomic E-state index is 0.677. The number of nitrogens with zero attached hydrogens (tertiary/aromatic N) is 4. The van der Waals surface area contributed by atoms with Crippen molar-refractivity contribution in [3.8, 4) is 0 Å². The van der Waals surface area contributed by atoms with Crippen LogP contribution in [0.4, 0.5) is 5.82 Å². The van der Waals surface area contributed by atoms with Crippen molar-refractivity contribution < 1.29 is 4.42 Å². The monoisotopic (exact) mass is 332 g/mol. The molecule has 1 aromatic carbocycles. The molecule has 5 nitrogen and oxygen atoms in total. The number of benzene rings is 1. The minimum absolute atomic E-state index is 0.677. The van der Waals surface area contributed by atoms with Gasteiger partial charge in [-0.25, -0.2) is 9.97 Å². The van der Waals surface area contributed by atoms with Crippen LogP contribution in [0, 0.1) is 6.92 Å². The zero-order valence-corrected chi connectivity index (χ0v) is 14.4. The molecule has 0 fully saturated rings. The standard InChI is InChI=1S/C20H20N4O/c1-15-12-17-18(25-15)8-9-22-20(17)23(2)14-19-21-10-11-24(19)13-16-6-4-3-5-7-16/h3-12H,13-14H2,1-2H3. The van der Waals surface area contributed by atoms with Crippen molar-refractivity contribution in [2.45, 2.75) is 20.0 Å². The zero-order valence-electron chi connectivity index (χ0n) is 14.4. The van der Waals surface area contributed by atoms with Crippen LogP contribution in [-0.4, -0.2) is 21.6 Å². The molecule has 0 radical (unpaired) electrons.